The SMILES string of the molecule is Cc1cc(S(=O)(=O)c2ccc(I)cc2)ccc1F. The van der Waals surface area contributed by atoms with Crippen LogP contribution in [0.5, 0.6) is 0 Å². The Morgan fingerprint density at radius 2 is 1.56 bits per heavy atom. The van der Waals surface area contributed by atoms with Gasteiger partial charge in [-0.1, -0.05) is 0 Å². The summed E-state index contributed by atoms with van der Waals surface area (Å²) in [6, 6.07) is 10.4. The fourth-order valence-corrected chi connectivity index (χ4v) is 3.24. The molecule has 2 rings (SSSR count). The third-order valence-corrected chi connectivity index (χ3v) is 5.05. The summed E-state index contributed by atoms with van der Waals surface area (Å²) in [5.74, 6) is -0.406. The van der Waals surface area contributed by atoms with Crippen LogP contribution in [0, 0.1) is 16.3 Å². The van der Waals surface area contributed by atoms with Crippen molar-refractivity contribution in [3.05, 3.63) is 57.4 Å². The fraction of sp³-hybridized carbons (Fsp3) is 0.0769. The number of hydrogen-bond acceptors (Lipinski definition) is 2. The molecule has 0 unspecified atom stereocenters. The monoisotopic (exact) mass is 376 g/mol. The van der Waals surface area contributed by atoms with Crippen molar-refractivity contribution in [3.63, 3.8) is 0 Å². The average molecular weight is 376 g/mol. The Morgan fingerprint density at radius 1 is 1.00 bits per heavy atom. The van der Waals surface area contributed by atoms with E-state index < -0.39 is 15.7 Å². The minimum absolute atomic E-state index is 0.114. The molecule has 0 aliphatic heterocycles. The zero-order valence-electron chi connectivity index (χ0n) is 9.52. The first kappa shape index (κ1) is 13.5. The van der Waals surface area contributed by atoms with E-state index in [0.29, 0.717) is 5.56 Å². The molecule has 94 valence electrons. The van der Waals surface area contributed by atoms with Gasteiger partial charge in [0.1, 0.15) is 5.82 Å². The average Bonchev–Trinajstić information content (AvgIpc) is 2.33. The van der Waals surface area contributed by atoms with Crippen LogP contribution in [0.4, 0.5) is 4.39 Å². The highest BCUT2D eigenvalue weighted by Crippen LogP contribution is 2.23. The predicted octanol–water partition coefficient (Wildman–Crippen LogP) is 3.57. The largest absolute Gasteiger partial charge is 0.219 e. The lowest BCUT2D eigenvalue weighted by Crippen LogP contribution is -2.02. The van der Waals surface area contributed by atoms with Gasteiger partial charge in [-0.25, -0.2) is 12.8 Å². The molecule has 0 bridgehead atoms. The molecule has 18 heavy (non-hydrogen) atoms. The molecule has 0 aliphatic carbocycles. The van der Waals surface area contributed by atoms with Crippen LogP contribution in [0.2, 0.25) is 0 Å². The quantitative estimate of drug-likeness (QED) is 0.593. The van der Waals surface area contributed by atoms with Crippen LogP contribution in [0.1, 0.15) is 5.56 Å². The Morgan fingerprint density at radius 3 is 2.11 bits per heavy atom. The van der Waals surface area contributed by atoms with Crippen molar-refractivity contribution in [2.24, 2.45) is 0 Å². The lowest BCUT2D eigenvalue weighted by atomic mass is 10.2. The summed E-state index contributed by atoms with van der Waals surface area (Å²) in [5, 5.41) is 0. The summed E-state index contributed by atoms with van der Waals surface area (Å²) in [7, 11) is -3.56. The molecule has 0 atom stereocenters. The van der Waals surface area contributed by atoms with Gasteiger partial charge in [0, 0.05) is 3.57 Å². The van der Waals surface area contributed by atoms with Crippen molar-refractivity contribution >= 4 is 32.4 Å². The Bertz CT molecular complexity index is 679. The van der Waals surface area contributed by atoms with Crippen molar-refractivity contribution in [1.29, 1.82) is 0 Å². The van der Waals surface area contributed by atoms with Gasteiger partial charge < -0.3 is 0 Å². The highest BCUT2D eigenvalue weighted by molar-refractivity contribution is 14.1. The maximum Gasteiger partial charge on any atom is 0.206 e. The number of halogens is 2. The molecule has 2 nitrogen and oxygen atoms in total. The van der Waals surface area contributed by atoms with Gasteiger partial charge in [0.25, 0.3) is 0 Å². The molecule has 0 heterocycles. The van der Waals surface area contributed by atoms with Crippen molar-refractivity contribution < 1.29 is 12.8 Å². The summed E-state index contributed by atoms with van der Waals surface area (Å²) >= 11 is 2.10. The Labute approximate surface area is 119 Å². The number of sulfone groups is 1. The summed E-state index contributed by atoms with van der Waals surface area (Å²) in [5.41, 5.74) is 0.321. The van der Waals surface area contributed by atoms with Crippen LogP contribution >= 0.6 is 22.6 Å². The zero-order valence-corrected chi connectivity index (χ0v) is 12.5. The molecule has 0 aliphatic rings. The van der Waals surface area contributed by atoms with Gasteiger partial charge in [-0.05, 0) is 77.5 Å². The number of aryl methyl sites for hydroxylation is 1. The normalized spacial score (nSPS) is 11.5. The van der Waals surface area contributed by atoms with Crippen LogP contribution in [0.25, 0.3) is 0 Å². The molecule has 0 radical (unpaired) electrons. The van der Waals surface area contributed by atoms with E-state index in [1.54, 1.807) is 31.2 Å². The molecule has 0 amide bonds. The highest BCUT2D eigenvalue weighted by Gasteiger charge is 2.18. The van der Waals surface area contributed by atoms with E-state index in [2.05, 4.69) is 22.6 Å². The van der Waals surface area contributed by atoms with E-state index in [9.17, 15) is 12.8 Å². The first-order chi connectivity index (χ1) is 8.41. The van der Waals surface area contributed by atoms with Gasteiger partial charge in [0.05, 0.1) is 9.79 Å². The number of hydrogen-bond donors (Lipinski definition) is 0. The van der Waals surface area contributed by atoms with E-state index in [1.807, 2.05) is 0 Å². The lowest BCUT2D eigenvalue weighted by molar-refractivity contribution is 0.593. The number of benzene rings is 2. The second kappa shape index (κ2) is 4.97. The van der Waals surface area contributed by atoms with Crippen LogP contribution in [0.3, 0.4) is 0 Å². The van der Waals surface area contributed by atoms with Gasteiger partial charge >= 0.3 is 0 Å². The van der Waals surface area contributed by atoms with Crippen molar-refractivity contribution in [2.45, 2.75) is 16.7 Å². The summed E-state index contributed by atoms with van der Waals surface area (Å²) < 4.78 is 38.7. The second-order valence-corrected chi connectivity index (χ2v) is 7.06. The maximum atomic E-state index is 13.1. The minimum Gasteiger partial charge on any atom is -0.219 e. The first-order valence-electron chi connectivity index (χ1n) is 5.18. The zero-order chi connectivity index (χ0) is 13.3. The molecule has 0 spiro atoms. The summed E-state index contributed by atoms with van der Waals surface area (Å²) in [6.45, 7) is 1.54. The third-order valence-electron chi connectivity index (χ3n) is 2.56. The van der Waals surface area contributed by atoms with E-state index >= 15 is 0 Å². The Hall–Kier alpha value is -0.950. The standard InChI is InChI=1S/C13H10FIO2S/c1-9-8-12(6-7-13(9)14)18(16,17)11-4-2-10(15)3-5-11/h2-8H,1H3. The van der Waals surface area contributed by atoms with Crippen molar-refractivity contribution in [3.8, 4) is 0 Å². The molecule has 5 heteroatoms. The molecular formula is C13H10FIO2S. The van der Waals surface area contributed by atoms with E-state index in [1.165, 1.54) is 18.2 Å². The molecule has 0 N–H and O–H groups in total. The van der Waals surface area contributed by atoms with Crippen molar-refractivity contribution in [2.75, 3.05) is 0 Å². The topological polar surface area (TPSA) is 34.1 Å². The smallest absolute Gasteiger partial charge is 0.206 e. The lowest BCUT2D eigenvalue weighted by Gasteiger charge is -2.06. The fourth-order valence-electron chi connectivity index (χ4n) is 1.53. The van der Waals surface area contributed by atoms with Crippen LogP contribution < -0.4 is 0 Å². The van der Waals surface area contributed by atoms with Gasteiger partial charge in [0.15, 0.2) is 0 Å². The highest BCUT2D eigenvalue weighted by atomic mass is 127. The maximum absolute atomic E-state index is 13.1. The number of rotatable bonds is 2. The Kier molecular flexibility index (Phi) is 3.72. The van der Waals surface area contributed by atoms with Crippen LogP contribution in [-0.2, 0) is 9.84 Å². The summed E-state index contributed by atoms with van der Waals surface area (Å²) in [4.78, 5) is 0.330. The third kappa shape index (κ3) is 2.56. The van der Waals surface area contributed by atoms with Gasteiger partial charge in [-0.15, -0.1) is 0 Å². The minimum atomic E-state index is -3.56. The van der Waals surface area contributed by atoms with E-state index in [-0.39, 0.29) is 9.79 Å². The predicted molar refractivity (Wildman–Crippen MR) is 75.7 cm³/mol. The molecule has 2 aromatic rings. The van der Waals surface area contributed by atoms with Crippen LogP contribution in [-0.4, -0.2) is 8.42 Å². The molecule has 0 aromatic heterocycles. The molecule has 0 saturated heterocycles. The van der Waals surface area contributed by atoms with E-state index in [0.717, 1.165) is 3.57 Å². The first-order valence-corrected chi connectivity index (χ1v) is 7.74. The Balaban J connectivity index is 2.54. The van der Waals surface area contributed by atoms with Gasteiger partial charge in [-0.2, -0.15) is 0 Å². The molecule has 0 saturated carbocycles. The van der Waals surface area contributed by atoms with E-state index in [4.69, 9.17) is 0 Å². The van der Waals surface area contributed by atoms with Gasteiger partial charge in [0.2, 0.25) is 9.84 Å². The van der Waals surface area contributed by atoms with Crippen LogP contribution in [0.15, 0.2) is 52.3 Å². The molecular weight excluding hydrogens is 366 g/mol. The van der Waals surface area contributed by atoms with Crippen molar-refractivity contribution in [1.82, 2.24) is 0 Å². The molecule has 2 aromatic carbocycles. The summed E-state index contributed by atoms with van der Waals surface area (Å²) in [6.07, 6.45) is 0. The second-order valence-electron chi connectivity index (χ2n) is 3.87. The van der Waals surface area contributed by atoms with Gasteiger partial charge in [-0.3, -0.25) is 0 Å². The molecule has 0 fully saturated rings.